The monoisotopic (exact) mass is 250 g/mol. The van der Waals surface area contributed by atoms with Gasteiger partial charge in [0.15, 0.2) is 0 Å². The van der Waals surface area contributed by atoms with Gasteiger partial charge < -0.3 is 9.88 Å². The Morgan fingerprint density at radius 3 is 3.00 bits per heavy atom. The van der Waals surface area contributed by atoms with E-state index in [1.54, 1.807) is 0 Å². The Kier molecular flexibility index (Phi) is 5.20. The van der Waals surface area contributed by atoms with Gasteiger partial charge in [-0.05, 0) is 45.7 Å². The Bertz CT molecular complexity index is 315. The summed E-state index contributed by atoms with van der Waals surface area (Å²) >= 11 is 0. The van der Waals surface area contributed by atoms with Gasteiger partial charge in [-0.25, -0.2) is 4.98 Å². The lowest BCUT2D eigenvalue weighted by molar-refractivity contribution is 0.166. The van der Waals surface area contributed by atoms with Crippen molar-refractivity contribution in [3.8, 4) is 0 Å². The lowest BCUT2D eigenvalue weighted by atomic mass is 9.98. The molecule has 1 unspecified atom stereocenters. The van der Waals surface area contributed by atoms with Gasteiger partial charge in [-0.2, -0.15) is 0 Å². The molecule has 4 heteroatoms. The van der Waals surface area contributed by atoms with Crippen LogP contribution in [-0.4, -0.2) is 46.7 Å². The summed E-state index contributed by atoms with van der Waals surface area (Å²) in [5.74, 6) is 0.823. The average molecular weight is 250 g/mol. The van der Waals surface area contributed by atoms with Crippen LogP contribution in [-0.2, 0) is 6.54 Å². The van der Waals surface area contributed by atoms with Crippen LogP contribution in [0.3, 0.4) is 0 Å². The molecule has 4 nitrogen and oxygen atoms in total. The molecule has 1 aliphatic heterocycles. The highest BCUT2D eigenvalue weighted by atomic mass is 15.2. The molecule has 1 fully saturated rings. The second-order valence-electron chi connectivity index (χ2n) is 5.60. The molecule has 1 saturated heterocycles. The third-order valence-electron chi connectivity index (χ3n) is 3.83. The van der Waals surface area contributed by atoms with Crippen molar-refractivity contribution in [1.82, 2.24) is 19.8 Å². The van der Waals surface area contributed by atoms with E-state index in [0.29, 0.717) is 6.04 Å². The summed E-state index contributed by atoms with van der Waals surface area (Å²) in [6.45, 7) is 10.4. The summed E-state index contributed by atoms with van der Waals surface area (Å²) in [5.41, 5.74) is 0. The zero-order valence-electron chi connectivity index (χ0n) is 11.7. The minimum Gasteiger partial charge on any atom is -0.336 e. The molecule has 1 aromatic rings. The van der Waals surface area contributed by atoms with Gasteiger partial charge in [0.05, 0.1) is 6.33 Å². The number of aromatic nitrogens is 2. The Morgan fingerprint density at radius 2 is 2.39 bits per heavy atom. The SMILES string of the molecule is CC(C)N(CCn1ccnc1)CC1CCCNC1. The molecular formula is C14H26N4. The maximum atomic E-state index is 4.10. The van der Waals surface area contributed by atoms with Crippen LogP contribution in [0.15, 0.2) is 18.7 Å². The highest BCUT2D eigenvalue weighted by Gasteiger charge is 2.18. The lowest BCUT2D eigenvalue weighted by Crippen LogP contribution is -2.42. The van der Waals surface area contributed by atoms with Crippen LogP contribution in [0.2, 0.25) is 0 Å². The molecule has 0 spiro atoms. The maximum absolute atomic E-state index is 4.10. The van der Waals surface area contributed by atoms with Crippen LogP contribution in [0.1, 0.15) is 26.7 Å². The van der Waals surface area contributed by atoms with E-state index in [-0.39, 0.29) is 0 Å². The molecule has 2 heterocycles. The van der Waals surface area contributed by atoms with Gasteiger partial charge in [-0.1, -0.05) is 0 Å². The third kappa shape index (κ3) is 4.10. The summed E-state index contributed by atoms with van der Waals surface area (Å²) < 4.78 is 2.16. The topological polar surface area (TPSA) is 33.1 Å². The Hall–Kier alpha value is -0.870. The molecule has 1 aliphatic rings. The van der Waals surface area contributed by atoms with Crippen molar-refractivity contribution < 1.29 is 0 Å². The quantitative estimate of drug-likeness (QED) is 0.832. The molecule has 0 radical (unpaired) electrons. The number of hydrogen-bond donors (Lipinski definition) is 1. The standard InChI is InChI=1S/C14H26N4/c1-13(2)18(9-8-17-7-6-16-12-17)11-14-4-3-5-15-10-14/h6-7,12-15H,3-5,8-11H2,1-2H3. The van der Waals surface area contributed by atoms with Crippen molar-refractivity contribution in [2.45, 2.75) is 39.3 Å². The van der Waals surface area contributed by atoms with E-state index in [2.05, 4.69) is 33.6 Å². The number of hydrogen-bond acceptors (Lipinski definition) is 3. The zero-order chi connectivity index (χ0) is 12.8. The van der Waals surface area contributed by atoms with Gasteiger partial charge in [0.2, 0.25) is 0 Å². The summed E-state index contributed by atoms with van der Waals surface area (Å²) in [6.07, 6.45) is 8.51. The van der Waals surface area contributed by atoms with Gasteiger partial charge in [-0.15, -0.1) is 0 Å². The predicted octanol–water partition coefficient (Wildman–Crippen LogP) is 1.59. The van der Waals surface area contributed by atoms with E-state index >= 15 is 0 Å². The molecule has 102 valence electrons. The number of piperidine rings is 1. The van der Waals surface area contributed by atoms with E-state index in [1.807, 2.05) is 18.7 Å². The summed E-state index contributed by atoms with van der Waals surface area (Å²) in [6, 6.07) is 0.621. The minimum absolute atomic E-state index is 0.621. The van der Waals surface area contributed by atoms with Crippen molar-refractivity contribution in [2.75, 3.05) is 26.2 Å². The van der Waals surface area contributed by atoms with E-state index in [0.717, 1.165) is 19.0 Å². The van der Waals surface area contributed by atoms with Crippen molar-refractivity contribution in [2.24, 2.45) is 5.92 Å². The fourth-order valence-corrected chi connectivity index (χ4v) is 2.63. The molecule has 1 N–H and O–H groups in total. The minimum atomic E-state index is 0.621. The molecule has 0 aromatic carbocycles. The number of nitrogens with one attached hydrogen (secondary N) is 1. The third-order valence-corrected chi connectivity index (χ3v) is 3.83. The van der Waals surface area contributed by atoms with Crippen molar-refractivity contribution >= 4 is 0 Å². The van der Waals surface area contributed by atoms with Crippen LogP contribution < -0.4 is 5.32 Å². The van der Waals surface area contributed by atoms with Gasteiger partial charge in [-0.3, -0.25) is 4.90 Å². The first-order valence-electron chi connectivity index (χ1n) is 7.16. The first-order valence-corrected chi connectivity index (χ1v) is 7.16. The van der Waals surface area contributed by atoms with E-state index < -0.39 is 0 Å². The summed E-state index contributed by atoms with van der Waals surface area (Å²) in [5, 5.41) is 3.51. The Morgan fingerprint density at radius 1 is 1.50 bits per heavy atom. The van der Waals surface area contributed by atoms with E-state index in [1.165, 1.54) is 32.5 Å². The lowest BCUT2D eigenvalue weighted by Gasteiger charge is -2.32. The predicted molar refractivity (Wildman–Crippen MR) is 74.5 cm³/mol. The van der Waals surface area contributed by atoms with Gasteiger partial charge in [0, 0.05) is 38.1 Å². The normalized spacial score (nSPS) is 20.8. The van der Waals surface area contributed by atoms with Crippen molar-refractivity contribution in [1.29, 1.82) is 0 Å². The van der Waals surface area contributed by atoms with Gasteiger partial charge >= 0.3 is 0 Å². The number of nitrogens with zero attached hydrogens (tertiary/aromatic N) is 3. The first-order chi connectivity index (χ1) is 8.75. The van der Waals surface area contributed by atoms with Crippen LogP contribution in [0.4, 0.5) is 0 Å². The van der Waals surface area contributed by atoms with E-state index in [9.17, 15) is 0 Å². The molecule has 1 aromatic heterocycles. The molecule has 0 bridgehead atoms. The summed E-state index contributed by atoms with van der Waals surface area (Å²) in [4.78, 5) is 6.69. The van der Waals surface area contributed by atoms with Crippen molar-refractivity contribution in [3.05, 3.63) is 18.7 Å². The maximum Gasteiger partial charge on any atom is 0.0946 e. The number of imidazole rings is 1. The number of rotatable bonds is 6. The molecule has 18 heavy (non-hydrogen) atoms. The Balaban J connectivity index is 1.79. The van der Waals surface area contributed by atoms with Crippen molar-refractivity contribution in [3.63, 3.8) is 0 Å². The van der Waals surface area contributed by atoms with Crippen LogP contribution in [0, 0.1) is 5.92 Å². The smallest absolute Gasteiger partial charge is 0.0946 e. The highest BCUT2D eigenvalue weighted by Crippen LogP contribution is 2.13. The van der Waals surface area contributed by atoms with Crippen LogP contribution >= 0.6 is 0 Å². The fourth-order valence-electron chi connectivity index (χ4n) is 2.63. The molecule has 2 rings (SSSR count). The fraction of sp³-hybridized carbons (Fsp3) is 0.786. The molecule has 0 aliphatic carbocycles. The second-order valence-corrected chi connectivity index (χ2v) is 5.60. The molecule has 0 saturated carbocycles. The molecule has 0 amide bonds. The average Bonchev–Trinajstić information content (AvgIpc) is 2.88. The summed E-state index contributed by atoms with van der Waals surface area (Å²) in [7, 11) is 0. The second kappa shape index (κ2) is 6.90. The molecular weight excluding hydrogens is 224 g/mol. The largest absolute Gasteiger partial charge is 0.336 e. The first kappa shape index (κ1) is 13.6. The van der Waals surface area contributed by atoms with E-state index in [4.69, 9.17) is 0 Å². The molecule has 1 atom stereocenters. The van der Waals surface area contributed by atoms with Gasteiger partial charge in [0.1, 0.15) is 0 Å². The Labute approximate surface area is 110 Å². The van der Waals surface area contributed by atoms with Crippen LogP contribution in [0.5, 0.6) is 0 Å². The zero-order valence-corrected chi connectivity index (χ0v) is 11.7. The van der Waals surface area contributed by atoms with Crippen LogP contribution in [0.25, 0.3) is 0 Å². The highest BCUT2D eigenvalue weighted by molar-refractivity contribution is 4.77. The van der Waals surface area contributed by atoms with Gasteiger partial charge in [0.25, 0.3) is 0 Å².